The van der Waals surface area contributed by atoms with Crippen LogP contribution in [0.25, 0.3) is 11.3 Å². The molecule has 0 N–H and O–H groups in total. The van der Waals surface area contributed by atoms with Crippen molar-refractivity contribution >= 4 is 17.5 Å². The Bertz CT molecular complexity index is 1100. The van der Waals surface area contributed by atoms with Crippen LogP contribution in [0.3, 0.4) is 0 Å². The van der Waals surface area contributed by atoms with Gasteiger partial charge in [-0.3, -0.25) is 14.6 Å². The van der Waals surface area contributed by atoms with Crippen LogP contribution in [0, 0.1) is 0 Å². The summed E-state index contributed by atoms with van der Waals surface area (Å²) in [6.07, 6.45) is 6.80. The molecule has 0 atom stereocenters. The highest BCUT2D eigenvalue weighted by Gasteiger charge is 2.26. The number of nitrogens with zero attached hydrogens (tertiary/aromatic N) is 4. The van der Waals surface area contributed by atoms with E-state index in [0.29, 0.717) is 23.7 Å². The van der Waals surface area contributed by atoms with Crippen molar-refractivity contribution in [1.29, 1.82) is 0 Å². The molecule has 3 aromatic rings. The molecule has 0 aliphatic carbocycles. The van der Waals surface area contributed by atoms with Crippen LogP contribution in [0.1, 0.15) is 34.8 Å². The summed E-state index contributed by atoms with van der Waals surface area (Å²) in [7, 11) is 1.65. The number of amides is 1. The third-order valence-corrected chi connectivity index (χ3v) is 5.54. The Labute approximate surface area is 173 Å². The van der Waals surface area contributed by atoms with Crippen LogP contribution in [0.4, 0.5) is 0 Å². The number of piperidine rings is 1. The summed E-state index contributed by atoms with van der Waals surface area (Å²) in [4.78, 5) is 35.3. The van der Waals surface area contributed by atoms with Gasteiger partial charge in [-0.15, -0.1) is 0 Å². The first kappa shape index (κ1) is 19.3. The van der Waals surface area contributed by atoms with Crippen molar-refractivity contribution in [2.24, 2.45) is 7.05 Å². The average Bonchev–Trinajstić information content (AvgIpc) is 2.75. The Morgan fingerprint density at radius 3 is 2.66 bits per heavy atom. The summed E-state index contributed by atoms with van der Waals surface area (Å²) in [5.74, 6) is 0.212. The first-order chi connectivity index (χ1) is 14.0. The number of hydrogen-bond donors (Lipinski definition) is 0. The molecule has 148 valence electrons. The van der Waals surface area contributed by atoms with Crippen molar-refractivity contribution in [3.63, 3.8) is 0 Å². The van der Waals surface area contributed by atoms with E-state index in [4.69, 9.17) is 16.6 Å². The molecule has 2 aromatic heterocycles. The van der Waals surface area contributed by atoms with E-state index >= 15 is 0 Å². The Hall–Kier alpha value is -2.99. The third kappa shape index (κ3) is 4.22. The van der Waals surface area contributed by atoms with E-state index in [9.17, 15) is 9.59 Å². The van der Waals surface area contributed by atoms with Gasteiger partial charge in [-0.2, -0.15) is 0 Å². The van der Waals surface area contributed by atoms with Gasteiger partial charge in [0, 0.05) is 55.1 Å². The zero-order valence-corrected chi connectivity index (χ0v) is 16.8. The maximum Gasteiger partial charge on any atom is 0.255 e. The maximum atomic E-state index is 12.7. The lowest BCUT2D eigenvalue weighted by atomic mass is 9.93. The fourth-order valence-electron chi connectivity index (χ4n) is 3.65. The van der Waals surface area contributed by atoms with Crippen LogP contribution in [0.15, 0.2) is 59.8 Å². The molecule has 0 bridgehead atoms. The van der Waals surface area contributed by atoms with Crippen molar-refractivity contribution in [2.45, 2.75) is 18.8 Å². The van der Waals surface area contributed by atoms with Crippen LogP contribution in [-0.2, 0) is 7.05 Å². The second-order valence-electron chi connectivity index (χ2n) is 7.27. The zero-order chi connectivity index (χ0) is 20.4. The lowest BCUT2D eigenvalue weighted by molar-refractivity contribution is 0.0711. The van der Waals surface area contributed by atoms with Crippen LogP contribution in [-0.4, -0.2) is 38.4 Å². The van der Waals surface area contributed by atoms with Gasteiger partial charge in [-0.05, 0) is 31.0 Å². The van der Waals surface area contributed by atoms with E-state index in [1.54, 1.807) is 25.5 Å². The molecule has 1 aliphatic heterocycles. The Morgan fingerprint density at radius 1 is 1.14 bits per heavy atom. The number of benzene rings is 1. The molecule has 1 aromatic carbocycles. The minimum atomic E-state index is -0.126. The second kappa shape index (κ2) is 8.17. The molecule has 7 heteroatoms. The standard InChI is InChI=1S/C22H21ClN4O2/c1-26-14-17(5-6-21(26)28)22(29)27-9-7-15(8-10-27)19-12-24-13-20(25-19)16-3-2-4-18(23)11-16/h2-6,11-15H,7-10H2,1H3. The summed E-state index contributed by atoms with van der Waals surface area (Å²) in [5, 5.41) is 0.667. The molecule has 1 saturated heterocycles. The van der Waals surface area contributed by atoms with Crippen LogP contribution in [0.2, 0.25) is 5.02 Å². The smallest absolute Gasteiger partial charge is 0.255 e. The number of aryl methyl sites for hydroxylation is 1. The van der Waals surface area contributed by atoms with E-state index in [1.165, 1.54) is 10.6 Å². The van der Waals surface area contributed by atoms with Crippen LogP contribution in [0.5, 0.6) is 0 Å². The SMILES string of the molecule is Cn1cc(C(=O)N2CCC(c3cncc(-c4cccc(Cl)c4)n3)CC2)ccc1=O. The summed E-state index contributed by atoms with van der Waals surface area (Å²) >= 11 is 6.09. The monoisotopic (exact) mass is 408 g/mol. The number of aromatic nitrogens is 3. The molecule has 1 fully saturated rings. The van der Waals surface area contributed by atoms with Crippen LogP contribution >= 0.6 is 11.6 Å². The zero-order valence-electron chi connectivity index (χ0n) is 16.1. The number of likely N-dealkylation sites (tertiary alicyclic amines) is 1. The molecule has 0 spiro atoms. The normalized spacial score (nSPS) is 14.8. The molecule has 0 saturated carbocycles. The third-order valence-electron chi connectivity index (χ3n) is 5.31. The largest absolute Gasteiger partial charge is 0.339 e. The molecule has 6 nitrogen and oxygen atoms in total. The van der Waals surface area contributed by atoms with E-state index in [0.717, 1.165) is 29.8 Å². The number of hydrogen-bond acceptors (Lipinski definition) is 4. The van der Waals surface area contributed by atoms with Gasteiger partial charge < -0.3 is 9.47 Å². The number of carbonyl (C=O) groups excluding carboxylic acids is 1. The molecule has 4 rings (SSSR count). The van der Waals surface area contributed by atoms with E-state index in [1.807, 2.05) is 35.4 Å². The van der Waals surface area contributed by atoms with Gasteiger partial charge in [0.1, 0.15) is 0 Å². The summed E-state index contributed by atoms with van der Waals surface area (Å²) in [5.41, 5.74) is 3.09. The quantitative estimate of drug-likeness (QED) is 0.665. The number of carbonyl (C=O) groups is 1. The van der Waals surface area contributed by atoms with Crippen LogP contribution < -0.4 is 5.56 Å². The van der Waals surface area contributed by atoms with Crippen molar-refractivity contribution < 1.29 is 4.79 Å². The van der Waals surface area contributed by atoms with E-state index in [2.05, 4.69) is 4.98 Å². The minimum Gasteiger partial charge on any atom is -0.339 e. The predicted octanol–water partition coefficient (Wildman–Crippen LogP) is 3.52. The number of rotatable bonds is 3. The van der Waals surface area contributed by atoms with Gasteiger partial charge >= 0.3 is 0 Å². The Morgan fingerprint density at radius 2 is 1.93 bits per heavy atom. The van der Waals surface area contributed by atoms with Gasteiger partial charge in [0.05, 0.1) is 23.1 Å². The minimum absolute atomic E-state index is 0.0437. The van der Waals surface area contributed by atoms with Gasteiger partial charge in [-0.25, -0.2) is 4.98 Å². The molecule has 1 amide bonds. The number of pyridine rings is 1. The Balaban J connectivity index is 1.46. The van der Waals surface area contributed by atoms with Gasteiger partial charge in [0.2, 0.25) is 5.56 Å². The molecular weight excluding hydrogens is 388 g/mol. The molecule has 1 aliphatic rings. The van der Waals surface area contributed by atoms with Crippen molar-refractivity contribution in [3.8, 4) is 11.3 Å². The topological polar surface area (TPSA) is 68.1 Å². The highest BCUT2D eigenvalue weighted by atomic mass is 35.5. The lowest BCUT2D eigenvalue weighted by Crippen LogP contribution is -2.38. The van der Waals surface area contributed by atoms with E-state index < -0.39 is 0 Å². The molecule has 3 heterocycles. The second-order valence-corrected chi connectivity index (χ2v) is 7.71. The first-order valence-electron chi connectivity index (χ1n) is 9.55. The predicted molar refractivity (Wildman–Crippen MR) is 112 cm³/mol. The average molecular weight is 409 g/mol. The van der Waals surface area contributed by atoms with Gasteiger partial charge in [-0.1, -0.05) is 23.7 Å². The fourth-order valence-corrected chi connectivity index (χ4v) is 3.84. The van der Waals surface area contributed by atoms with E-state index in [-0.39, 0.29) is 17.4 Å². The maximum absolute atomic E-state index is 12.7. The first-order valence-corrected chi connectivity index (χ1v) is 9.93. The molecule has 0 unspecified atom stereocenters. The van der Waals surface area contributed by atoms with Crippen molar-refractivity contribution in [3.05, 3.63) is 81.6 Å². The summed E-state index contributed by atoms with van der Waals surface area (Å²) in [6, 6.07) is 10.6. The van der Waals surface area contributed by atoms with Crippen molar-refractivity contribution in [1.82, 2.24) is 19.4 Å². The Kier molecular flexibility index (Phi) is 5.45. The van der Waals surface area contributed by atoms with Gasteiger partial charge in [0.25, 0.3) is 5.91 Å². The van der Waals surface area contributed by atoms with Crippen molar-refractivity contribution in [2.75, 3.05) is 13.1 Å². The van der Waals surface area contributed by atoms with Gasteiger partial charge in [0.15, 0.2) is 0 Å². The molecule has 29 heavy (non-hydrogen) atoms. The molecule has 0 radical (unpaired) electrons. The lowest BCUT2D eigenvalue weighted by Gasteiger charge is -2.31. The fraction of sp³-hybridized carbons (Fsp3) is 0.273. The number of halogens is 1. The summed E-state index contributed by atoms with van der Waals surface area (Å²) < 4.78 is 1.43. The highest BCUT2D eigenvalue weighted by molar-refractivity contribution is 6.30. The highest BCUT2D eigenvalue weighted by Crippen LogP contribution is 2.29. The molecular formula is C22H21ClN4O2. The summed E-state index contributed by atoms with van der Waals surface area (Å²) in [6.45, 7) is 1.30.